The van der Waals surface area contributed by atoms with E-state index < -0.39 is 0 Å². The van der Waals surface area contributed by atoms with Crippen LogP contribution >= 0.6 is 0 Å². The molecule has 0 saturated carbocycles. The normalized spacial score (nSPS) is 13.1. The minimum Gasteiger partial charge on any atom is -0.456 e. The van der Waals surface area contributed by atoms with Crippen LogP contribution in [0.4, 0.5) is 17.1 Å². The summed E-state index contributed by atoms with van der Waals surface area (Å²) in [7, 11) is 0. The van der Waals surface area contributed by atoms with Gasteiger partial charge in [-0.2, -0.15) is 0 Å². The molecule has 0 atom stereocenters. The van der Waals surface area contributed by atoms with Crippen molar-refractivity contribution in [1.29, 1.82) is 0 Å². The van der Waals surface area contributed by atoms with Crippen molar-refractivity contribution in [1.82, 2.24) is 4.57 Å². The van der Waals surface area contributed by atoms with Crippen LogP contribution in [0.5, 0.6) is 0 Å². The van der Waals surface area contributed by atoms with Crippen LogP contribution < -0.4 is 4.90 Å². The van der Waals surface area contributed by atoms with Crippen molar-refractivity contribution in [2.75, 3.05) is 4.90 Å². The zero-order valence-electron chi connectivity index (χ0n) is 30.1. The molecule has 0 fully saturated rings. The first-order valence-electron chi connectivity index (χ1n) is 18.7. The Bertz CT molecular complexity index is 3020. The van der Waals surface area contributed by atoms with Crippen molar-refractivity contribution in [2.24, 2.45) is 0 Å². The Hall–Kier alpha value is -6.84. The number of fused-ring (bicyclic) bond motifs is 9. The molecule has 2 heterocycles. The van der Waals surface area contributed by atoms with E-state index in [1.54, 1.807) is 0 Å². The maximum Gasteiger partial charge on any atom is 0.135 e. The summed E-state index contributed by atoms with van der Waals surface area (Å²) >= 11 is 0. The Balaban J connectivity index is 0.989. The van der Waals surface area contributed by atoms with Crippen molar-refractivity contribution in [2.45, 2.75) is 19.3 Å². The number of hydrogen-bond acceptors (Lipinski definition) is 2. The first-order valence-corrected chi connectivity index (χ1v) is 18.7. The summed E-state index contributed by atoms with van der Waals surface area (Å²) in [6, 6.07) is 65.9. The van der Waals surface area contributed by atoms with Gasteiger partial charge in [-0.3, -0.25) is 0 Å². The first kappa shape index (κ1) is 30.8. The van der Waals surface area contributed by atoms with Crippen molar-refractivity contribution >= 4 is 60.8 Å². The van der Waals surface area contributed by atoms with Gasteiger partial charge >= 0.3 is 0 Å². The Kier molecular flexibility index (Phi) is 6.60. The number of rotatable bonds is 5. The second-order valence-electron chi connectivity index (χ2n) is 15.0. The van der Waals surface area contributed by atoms with Gasteiger partial charge in [0.2, 0.25) is 0 Å². The third-order valence-corrected chi connectivity index (χ3v) is 11.6. The number of nitrogens with zero attached hydrogens (tertiary/aromatic N) is 2. The van der Waals surface area contributed by atoms with Gasteiger partial charge in [-0.25, -0.2) is 0 Å². The smallest absolute Gasteiger partial charge is 0.135 e. The van der Waals surface area contributed by atoms with Crippen LogP contribution in [-0.2, 0) is 5.41 Å². The number of anilines is 3. The van der Waals surface area contributed by atoms with Gasteiger partial charge < -0.3 is 13.9 Å². The third-order valence-electron chi connectivity index (χ3n) is 11.6. The number of benzene rings is 8. The topological polar surface area (TPSA) is 21.3 Å². The zero-order valence-corrected chi connectivity index (χ0v) is 30.1. The van der Waals surface area contributed by atoms with Gasteiger partial charge in [0, 0.05) is 49.7 Å². The standard InChI is InChI=1S/C51H36N2O/c1-51(2)45-31-37(25-27-39(45)40-28-26-38(32-46(40)51)53-47-17-9-6-14-41(47)42-15-7-10-18-48(42)53)52(35-12-4-3-5-13-35)36-23-20-33(21-24-36)34-22-29-50-44(30-34)43-16-8-11-19-49(43)54-50/h3-32H,1-2H3. The molecule has 1 aliphatic rings. The number of hydrogen-bond donors (Lipinski definition) is 0. The molecule has 3 nitrogen and oxygen atoms in total. The molecule has 0 radical (unpaired) electrons. The molecule has 0 N–H and O–H groups in total. The largest absolute Gasteiger partial charge is 0.456 e. The predicted molar refractivity (Wildman–Crippen MR) is 226 cm³/mol. The van der Waals surface area contributed by atoms with Crippen LogP contribution in [0, 0.1) is 0 Å². The molecular formula is C51H36N2O. The summed E-state index contributed by atoms with van der Waals surface area (Å²) in [5, 5.41) is 4.85. The van der Waals surface area contributed by atoms with Gasteiger partial charge in [0.05, 0.1) is 11.0 Å². The molecule has 0 spiro atoms. The quantitative estimate of drug-likeness (QED) is 0.179. The lowest BCUT2D eigenvalue weighted by atomic mass is 9.82. The minimum absolute atomic E-state index is 0.197. The third kappa shape index (κ3) is 4.55. The fourth-order valence-electron chi connectivity index (χ4n) is 8.93. The average molecular weight is 693 g/mol. The van der Waals surface area contributed by atoms with E-state index in [4.69, 9.17) is 4.42 Å². The lowest BCUT2D eigenvalue weighted by Crippen LogP contribution is -2.17. The van der Waals surface area contributed by atoms with Crippen molar-refractivity contribution in [3.63, 3.8) is 0 Å². The highest BCUT2D eigenvalue weighted by atomic mass is 16.3. The van der Waals surface area contributed by atoms with E-state index >= 15 is 0 Å². The Labute approximate surface area is 314 Å². The first-order chi connectivity index (χ1) is 26.5. The highest BCUT2D eigenvalue weighted by Gasteiger charge is 2.36. The number of para-hydroxylation sites is 4. The molecule has 0 bridgehead atoms. The van der Waals surface area contributed by atoms with Gasteiger partial charge in [-0.05, 0) is 112 Å². The second-order valence-corrected chi connectivity index (χ2v) is 15.0. The van der Waals surface area contributed by atoms with Crippen LogP contribution in [0.25, 0.3) is 71.7 Å². The van der Waals surface area contributed by atoms with E-state index in [2.05, 4.69) is 193 Å². The zero-order chi connectivity index (χ0) is 36.0. The van der Waals surface area contributed by atoms with Crippen LogP contribution in [0.1, 0.15) is 25.0 Å². The summed E-state index contributed by atoms with van der Waals surface area (Å²) in [6.45, 7) is 4.75. The predicted octanol–water partition coefficient (Wildman–Crippen LogP) is 14.1. The van der Waals surface area contributed by atoms with Crippen LogP contribution in [0.3, 0.4) is 0 Å². The summed E-state index contributed by atoms with van der Waals surface area (Å²) in [6.07, 6.45) is 0. The van der Waals surface area contributed by atoms with Crippen LogP contribution in [0.15, 0.2) is 186 Å². The SMILES string of the molecule is CC1(C)c2cc(N(c3ccccc3)c3ccc(-c4ccc5oc6ccccc6c5c4)cc3)ccc2-c2ccc(-n3c4ccccc4c4ccccc43)cc21. The van der Waals surface area contributed by atoms with E-state index in [1.807, 2.05) is 12.1 Å². The van der Waals surface area contributed by atoms with E-state index in [-0.39, 0.29) is 5.41 Å². The van der Waals surface area contributed by atoms with Gasteiger partial charge in [-0.1, -0.05) is 117 Å². The highest BCUT2D eigenvalue weighted by Crippen LogP contribution is 2.51. The minimum atomic E-state index is -0.197. The maximum absolute atomic E-state index is 6.10. The molecule has 3 heteroatoms. The Morgan fingerprint density at radius 3 is 1.72 bits per heavy atom. The fourth-order valence-corrected chi connectivity index (χ4v) is 8.93. The summed E-state index contributed by atoms with van der Waals surface area (Å²) in [5.41, 5.74) is 16.3. The van der Waals surface area contributed by atoms with Gasteiger partial charge in [0.15, 0.2) is 0 Å². The molecule has 0 aliphatic heterocycles. The lowest BCUT2D eigenvalue weighted by molar-refractivity contribution is 0.660. The van der Waals surface area contributed by atoms with Gasteiger partial charge in [0.1, 0.15) is 11.2 Å². The molecule has 8 aromatic carbocycles. The van der Waals surface area contributed by atoms with Crippen LogP contribution in [0.2, 0.25) is 0 Å². The molecule has 11 rings (SSSR count). The maximum atomic E-state index is 6.10. The lowest BCUT2D eigenvalue weighted by Gasteiger charge is -2.28. The van der Waals surface area contributed by atoms with Crippen molar-refractivity contribution in [3.05, 3.63) is 193 Å². The molecule has 0 amide bonds. The Morgan fingerprint density at radius 2 is 0.981 bits per heavy atom. The molecule has 2 aromatic heterocycles. The Morgan fingerprint density at radius 1 is 0.426 bits per heavy atom. The van der Waals surface area contributed by atoms with Gasteiger partial charge in [0.25, 0.3) is 0 Å². The van der Waals surface area contributed by atoms with E-state index in [9.17, 15) is 0 Å². The molecule has 0 saturated heterocycles. The van der Waals surface area contributed by atoms with Crippen molar-refractivity contribution in [3.8, 4) is 27.9 Å². The van der Waals surface area contributed by atoms with Gasteiger partial charge in [-0.15, -0.1) is 0 Å². The molecule has 10 aromatic rings. The summed E-state index contributed by atoms with van der Waals surface area (Å²) < 4.78 is 8.53. The van der Waals surface area contributed by atoms with E-state index in [1.165, 1.54) is 60.9 Å². The molecule has 0 unspecified atom stereocenters. The highest BCUT2D eigenvalue weighted by molar-refractivity contribution is 6.09. The molecular weight excluding hydrogens is 657 g/mol. The molecule has 54 heavy (non-hydrogen) atoms. The second kappa shape index (κ2) is 11.6. The number of aromatic nitrogens is 1. The van der Waals surface area contributed by atoms with Crippen LogP contribution in [-0.4, -0.2) is 4.57 Å². The average Bonchev–Trinajstić information content (AvgIpc) is 3.84. The molecule has 1 aliphatic carbocycles. The van der Waals surface area contributed by atoms with Crippen molar-refractivity contribution < 1.29 is 4.42 Å². The molecule has 256 valence electrons. The van der Waals surface area contributed by atoms with E-state index in [0.29, 0.717) is 0 Å². The fraction of sp³-hybridized carbons (Fsp3) is 0.0588. The summed E-state index contributed by atoms with van der Waals surface area (Å²) in [5.74, 6) is 0. The summed E-state index contributed by atoms with van der Waals surface area (Å²) in [4.78, 5) is 2.37. The number of furan rings is 1. The monoisotopic (exact) mass is 692 g/mol. The van der Waals surface area contributed by atoms with E-state index in [0.717, 1.165) is 39.0 Å².